The van der Waals surface area contributed by atoms with Gasteiger partial charge in [0.05, 0.1) is 33.5 Å². The molecule has 1 aliphatic rings. The Hall–Kier alpha value is -3.58. The normalized spacial score (nSPS) is 14.7. The molecule has 0 aromatic heterocycles. The van der Waals surface area contributed by atoms with E-state index in [0.29, 0.717) is 21.2 Å². The van der Waals surface area contributed by atoms with Gasteiger partial charge in [-0.25, -0.2) is 0 Å². The van der Waals surface area contributed by atoms with Crippen LogP contribution in [0.3, 0.4) is 0 Å². The summed E-state index contributed by atoms with van der Waals surface area (Å²) >= 11 is 12.7. The Morgan fingerprint density at radius 2 is 1.76 bits per heavy atom. The predicted molar refractivity (Wildman–Crippen MR) is 142 cm³/mol. The molecule has 0 unspecified atom stereocenters. The number of hydrogen-bond acceptors (Lipinski definition) is 9. The molecule has 196 valence electrons. The number of amides is 2. The van der Waals surface area contributed by atoms with Gasteiger partial charge in [0, 0.05) is 6.07 Å². The first kappa shape index (κ1) is 27.5. The van der Waals surface area contributed by atoms with Gasteiger partial charge in [0.25, 0.3) is 16.8 Å². The molecule has 1 heterocycles. The monoisotopic (exact) mass is 594 g/mol. The van der Waals surface area contributed by atoms with Crippen molar-refractivity contribution >= 4 is 68.0 Å². The minimum atomic E-state index is -4.58. The van der Waals surface area contributed by atoms with Crippen molar-refractivity contribution in [2.75, 3.05) is 7.11 Å². The van der Waals surface area contributed by atoms with E-state index >= 15 is 0 Å². The number of carbonyl (C=O) groups is 2. The van der Waals surface area contributed by atoms with Crippen LogP contribution in [0.25, 0.3) is 6.08 Å². The maximum atomic E-state index is 12.9. The molecule has 0 atom stereocenters. The first-order chi connectivity index (χ1) is 18.0. The maximum absolute atomic E-state index is 12.9. The second kappa shape index (κ2) is 11.0. The van der Waals surface area contributed by atoms with Crippen LogP contribution in [0.4, 0.5) is 10.5 Å². The van der Waals surface area contributed by atoms with Crippen LogP contribution >= 0.6 is 35.0 Å². The molecule has 0 aliphatic carbocycles. The second-order valence-electron chi connectivity index (χ2n) is 7.69. The van der Waals surface area contributed by atoms with Crippen molar-refractivity contribution < 1.29 is 31.9 Å². The first-order valence-electron chi connectivity index (χ1n) is 10.6. The van der Waals surface area contributed by atoms with Gasteiger partial charge in [-0.3, -0.25) is 24.6 Å². The lowest BCUT2D eigenvalue weighted by molar-refractivity contribution is -0.387. The highest BCUT2D eigenvalue weighted by molar-refractivity contribution is 8.18. The molecule has 0 saturated carbocycles. The summed E-state index contributed by atoms with van der Waals surface area (Å²) in [6.45, 7) is -0.00151. The lowest BCUT2D eigenvalue weighted by Gasteiger charge is -2.13. The van der Waals surface area contributed by atoms with Gasteiger partial charge in [-0.15, -0.1) is 0 Å². The Bertz CT molecular complexity index is 1610. The minimum Gasteiger partial charge on any atom is -0.493 e. The number of thioether (sulfide) groups is 1. The molecule has 1 saturated heterocycles. The van der Waals surface area contributed by atoms with Crippen molar-refractivity contribution in [1.82, 2.24) is 4.90 Å². The number of carbonyl (C=O) groups excluding carboxylic acids is 2. The maximum Gasteiger partial charge on any atom is 0.346 e. The van der Waals surface area contributed by atoms with Crippen molar-refractivity contribution in [2.45, 2.75) is 11.4 Å². The SMILES string of the molecule is COc1cc(/C=C2\SC(=O)N(Cc3ccc(Cl)c(Cl)c3)C2=O)ccc1OS(=O)(=O)c1ccccc1[N+](=O)[O-]. The molecule has 3 aromatic rings. The molecule has 1 aliphatic heterocycles. The molecule has 0 N–H and O–H groups in total. The van der Waals surface area contributed by atoms with Gasteiger partial charge in [-0.2, -0.15) is 8.42 Å². The summed E-state index contributed by atoms with van der Waals surface area (Å²) in [5.41, 5.74) is 0.392. The summed E-state index contributed by atoms with van der Waals surface area (Å²) in [7, 11) is -3.31. The average molecular weight is 595 g/mol. The van der Waals surface area contributed by atoms with E-state index in [1.165, 1.54) is 43.5 Å². The fraction of sp³-hybridized carbons (Fsp3) is 0.0833. The van der Waals surface area contributed by atoms with Crippen LogP contribution in [0, 0.1) is 10.1 Å². The van der Waals surface area contributed by atoms with E-state index < -0.39 is 36.8 Å². The fourth-order valence-electron chi connectivity index (χ4n) is 3.43. The van der Waals surface area contributed by atoms with Crippen molar-refractivity contribution in [3.63, 3.8) is 0 Å². The van der Waals surface area contributed by atoms with Gasteiger partial charge in [0.15, 0.2) is 16.4 Å². The second-order valence-corrected chi connectivity index (χ2v) is 11.0. The molecule has 0 spiro atoms. The third kappa shape index (κ3) is 5.78. The fourth-order valence-corrected chi connectivity index (χ4v) is 5.70. The van der Waals surface area contributed by atoms with Crippen molar-refractivity contribution in [3.05, 3.63) is 96.9 Å². The number of hydrogen-bond donors (Lipinski definition) is 0. The molecule has 3 aromatic carbocycles. The molecular weight excluding hydrogens is 579 g/mol. The molecule has 0 bridgehead atoms. The topological polar surface area (TPSA) is 133 Å². The average Bonchev–Trinajstić information content (AvgIpc) is 3.14. The van der Waals surface area contributed by atoms with Crippen LogP contribution in [0.15, 0.2) is 70.5 Å². The van der Waals surface area contributed by atoms with Crippen LogP contribution in [0.1, 0.15) is 11.1 Å². The highest BCUT2D eigenvalue weighted by atomic mass is 35.5. The van der Waals surface area contributed by atoms with Gasteiger partial charge >= 0.3 is 10.1 Å². The standard InChI is InChI=1S/C24H16Cl2N2O8S2/c1-35-20-11-14(7-9-19(20)36-38(33,34)22-5-3-2-4-18(22)28(31)32)12-21-23(29)27(24(30)37-21)13-15-6-8-16(25)17(26)10-15/h2-12H,13H2,1H3/b21-12-. The van der Waals surface area contributed by atoms with E-state index in [1.807, 2.05) is 0 Å². The van der Waals surface area contributed by atoms with E-state index in [4.69, 9.17) is 32.1 Å². The molecule has 10 nitrogen and oxygen atoms in total. The van der Waals surface area contributed by atoms with E-state index in [9.17, 15) is 28.1 Å². The number of nitro benzene ring substituents is 1. The summed E-state index contributed by atoms with van der Waals surface area (Å²) in [6.07, 6.45) is 1.45. The van der Waals surface area contributed by atoms with E-state index in [2.05, 4.69) is 0 Å². The Kier molecular flexibility index (Phi) is 7.97. The van der Waals surface area contributed by atoms with Gasteiger partial charge in [0.2, 0.25) is 0 Å². The molecule has 14 heteroatoms. The van der Waals surface area contributed by atoms with E-state index in [-0.39, 0.29) is 22.9 Å². The zero-order valence-electron chi connectivity index (χ0n) is 19.3. The zero-order valence-corrected chi connectivity index (χ0v) is 22.4. The Balaban J connectivity index is 1.57. The number of benzene rings is 3. The molecule has 2 amide bonds. The molecule has 38 heavy (non-hydrogen) atoms. The minimum absolute atomic E-state index is 0.00151. The number of para-hydroxylation sites is 1. The lowest BCUT2D eigenvalue weighted by Crippen LogP contribution is -2.27. The quantitative estimate of drug-likeness (QED) is 0.135. The predicted octanol–water partition coefficient (Wildman–Crippen LogP) is 5.91. The number of ether oxygens (including phenoxy) is 1. The Morgan fingerprint density at radius 1 is 1.03 bits per heavy atom. The molecular formula is C24H16Cl2N2O8S2. The third-order valence-corrected chi connectivity index (χ3v) is 8.14. The van der Waals surface area contributed by atoms with Gasteiger partial charge in [-0.1, -0.05) is 47.5 Å². The number of halogens is 2. The Labute approximate surface area is 231 Å². The number of rotatable bonds is 8. The summed E-state index contributed by atoms with van der Waals surface area (Å²) in [5, 5.41) is 11.4. The van der Waals surface area contributed by atoms with Crippen LogP contribution < -0.4 is 8.92 Å². The van der Waals surface area contributed by atoms with Gasteiger partial charge < -0.3 is 8.92 Å². The van der Waals surface area contributed by atoms with Crippen molar-refractivity contribution in [3.8, 4) is 11.5 Å². The smallest absolute Gasteiger partial charge is 0.346 e. The van der Waals surface area contributed by atoms with Crippen molar-refractivity contribution in [2.24, 2.45) is 0 Å². The summed E-state index contributed by atoms with van der Waals surface area (Å²) < 4.78 is 35.9. The van der Waals surface area contributed by atoms with E-state index in [0.717, 1.165) is 28.8 Å². The number of nitrogens with zero attached hydrogens (tertiary/aromatic N) is 2. The highest BCUT2D eigenvalue weighted by Gasteiger charge is 2.35. The number of nitro groups is 1. The lowest BCUT2D eigenvalue weighted by atomic mass is 10.1. The van der Waals surface area contributed by atoms with Crippen molar-refractivity contribution in [1.29, 1.82) is 0 Å². The molecule has 1 fully saturated rings. The first-order valence-corrected chi connectivity index (χ1v) is 13.5. The summed E-state index contributed by atoms with van der Waals surface area (Å²) in [5.74, 6) is -0.768. The van der Waals surface area contributed by atoms with Gasteiger partial charge in [0.1, 0.15) is 0 Å². The van der Waals surface area contributed by atoms with Crippen LogP contribution in [-0.2, 0) is 21.5 Å². The molecule has 0 radical (unpaired) electrons. The van der Waals surface area contributed by atoms with Crippen LogP contribution in [0.5, 0.6) is 11.5 Å². The van der Waals surface area contributed by atoms with Gasteiger partial charge in [-0.05, 0) is 59.3 Å². The van der Waals surface area contributed by atoms with Crippen LogP contribution in [0.2, 0.25) is 10.0 Å². The van der Waals surface area contributed by atoms with E-state index in [1.54, 1.807) is 18.2 Å². The third-order valence-electron chi connectivity index (χ3n) is 5.21. The zero-order chi connectivity index (χ0) is 27.6. The number of imide groups is 1. The molecule has 4 rings (SSSR count). The van der Waals surface area contributed by atoms with Crippen LogP contribution in [-0.4, -0.2) is 36.5 Å². The Morgan fingerprint density at radius 3 is 2.45 bits per heavy atom. The summed E-state index contributed by atoms with van der Waals surface area (Å²) in [6, 6.07) is 13.7. The highest BCUT2D eigenvalue weighted by Crippen LogP contribution is 2.37. The largest absolute Gasteiger partial charge is 0.493 e. The number of methoxy groups -OCH3 is 1. The summed E-state index contributed by atoms with van der Waals surface area (Å²) in [4.78, 5) is 36.4.